The minimum absolute atomic E-state index is 0. The van der Waals surface area contributed by atoms with Crippen molar-refractivity contribution < 1.29 is 14.3 Å². The molecule has 19 heavy (non-hydrogen) atoms. The van der Waals surface area contributed by atoms with Crippen LogP contribution in [-0.4, -0.2) is 96.8 Å². The van der Waals surface area contributed by atoms with Crippen LogP contribution in [-0.2, 0) is 14.3 Å². The number of esters is 2. The molecule has 0 aromatic carbocycles. The molecule has 0 aliphatic rings. The van der Waals surface area contributed by atoms with Gasteiger partial charge in [-0.25, -0.2) is 0 Å². The fraction of sp³-hybridized carbons (Fsp3) is 0.833. The summed E-state index contributed by atoms with van der Waals surface area (Å²) in [6, 6.07) is 0. The fourth-order valence-electron chi connectivity index (χ4n) is 1.25. The minimum atomic E-state index is -0.379. The Balaban J connectivity index is -0.000000375. The van der Waals surface area contributed by atoms with Crippen LogP contribution in [0.1, 0.15) is 58.8 Å². The van der Waals surface area contributed by atoms with Gasteiger partial charge in [0.25, 0.3) is 0 Å². The topological polar surface area (TPSA) is 43.4 Å². The van der Waals surface area contributed by atoms with Gasteiger partial charge in [-0.05, 0) is 12.8 Å². The molecule has 0 amide bonds. The summed E-state index contributed by atoms with van der Waals surface area (Å²) in [6.07, 6.45) is 6.07. The number of hydrogen-bond donors (Lipinski definition) is 0. The predicted molar refractivity (Wildman–Crippen MR) is 94.1 cm³/mol. The zero-order valence-electron chi connectivity index (χ0n) is 10.5. The van der Waals surface area contributed by atoms with Crippen LogP contribution in [0, 0.1) is 0 Å². The first-order valence-electron chi connectivity index (χ1n) is 6.00. The maximum absolute atomic E-state index is 11.4. The number of ether oxygens (including phenoxy) is 1. The summed E-state index contributed by atoms with van der Waals surface area (Å²) in [4.78, 5) is 22.7. The molecule has 3 nitrogen and oxygen atoms in total. The number of rotatable bonds is 8. The second-order valence-electron chi connectivity index (χ2n) is 3.86. The number of hydrogen-bond acceptors (Lipinski definition) is 3. The van der Waals surface area contributed by atoms with Crippen LogP contribution >= 0.6 is 35.0 Å². The molecule has 7 heteroatoms. The van der Waals surface area contributed by atoms with Crippen LogP contribution in [0.25, 0.3) is 0 Å². The van der Waals surface area contributed by atoms with Crippen molar-refractivity contribution in [3.8, 4) is 0 Å². The molecule has 0 spiro atoms. The number of halogens is 2. The summed E-state index contributed by atoms with van der Waals surface area (Å²) >= 11 is 2.04. The molecule has 0 saturated heterocycles. The van der Waals surface area contributed by atoms with Crippen LogP contribution in [0.15, 0.2) is 0 Å². The summed E-state index contributed by atoms with van der Waals surface area (Å²) in [7, 11) is 0. The van der Waals surface area contributed by atoms with Crippen molar-refractivity contribution in [3.05, 3.63) is 0 Å². The second-order valence-corrected chi connectivity index (χ2v) is 5.36. The van der Waals surface area contributed by atoms with E-state index in [9.17, 15) is 9.59 Å². The van der Waals surface area contributed by atoms with Crippen molar-refractivity contribution >= 4 is 128 Å². The molecule has 0 fully saturated rings. The average molecular weight is 441 g/mol. The molecule has 106 valence electrons. The van der Waals surface area contributed by atoms with Gasteiger partial charge in [-0.15, -0.1) is 12.4 Å². The number of unbranched alkanes of at least 4 members (excludes halogenated alkanes) is 3. The molecular formula is C12H24ClIKNaO3. The molecule has 1 unspecified atom stereocenters. The van der Waals surface area contributed by atoms with Gasteiger partial charge in [-0.2, -0.15) is 0 Å². The van der Waals surface area contributed by atoms with Crippen molar-refractivity contribution in [1.82, 2.24) is 0 Å². The molecule has 0 aliphatic heterocycles. The first kappa shape index (κ1) is 29.8. The van der Waals surface area contributed by atoms with Gasteiger partial charge < -0.3 is 4.74 Å². The van der Waals surface area contributed by atoms with E-state index in [0.29, 0.717) is 6.42 Å². The third-order valence-corrected chi connectivity index (χ3v) is 3.40. The first-order chi connectivity index (χ1) is 7.61. The summed E-state index contributed by atoms with van der Waals surface area (Å²) in [6.45, 7) is 4.15. The van der Waals surface area contributed by atoms with Crippen molar-refractivity contribution in [1.29, 1.82) is 0 Å². The molecule has 0 radical (unpaired) electrons. The molecular weight excluding hydrogens is 417 g/mol. The van der Waals surface area contributed by atoms with Gasteiger partial charge in [-0.3, -0.25) is 9.59 Å². The third kappa shape index (κ3) is 18.7. The van der Waals surface area contributed by atoms with Gasteiger partial charge >= 0.3 is 92.9 Å². The maximum atomic E-state index is 11.4. The number of alkyl halides is 1. The summed E-state index contributed by atoms with van der Waals surface area (Å²) in [5.41, 5.74) is 0. The first-order valence-corrected chi connectivity index (χ1v) is 7.25. The van der Waals surface area contributed by atoms with Crippen molar-refractivity contribution in [3.63, 3.8) is 0 Å². The SMILES string of the molecule is CCCCCC(=O)OC(=O)C(I)CCCC.Cl.[KH].[NaH]. The van der Waals surface area contributed by atoms with Crippen LogP contribution in [0.5, 0.6) is 0 Å². The van der Waals surface area contributed by atoms with E-state index in [0.717, 1.165) is 38.5 Å². The molecule has 0 saturated carbocycles. The summed E-state index contributed by atoms with van der Waals surface area (Å²) in [5, 5.41) is 0. The van der Waals surface area contributed by atoms with E-state index in [1.807, 2.05) is 22.6 Å². The molecule has 0 bridgehead atoms. The summed E-state index contributed by atoms with van der Waals surface area (Å²) < 4.78 is 4.58. The number of carbonyl (C=O) groups is 2. The molecule has 0 rings (SSSR count). The van der Waals surface area contributed by atoms with E-state index in [4.69, 9.17) is 4.74 Å². The van der Waals surface area contributed by atoms with Crippen molar-refractivity contribution in [2.45, 2.75) is 62.7 Å². The Morgan fingerprint density at radius 2 is 1.63 bits per heavy atom. The zero-order valence-corrected chi connectivity index (χ0v) is 13.5. The van der Waals surface area contributed by atoms with Gasteiger partial charge in [0.05, 0.1) is 0 Å². The summed E-state index contributed by atoms with van der Waals surface area (Å²) in [5.74, 6) is -0.757. The molecule has 1 atom stereocenters. The fourth-order valence-corrected chi connectivity index (χ4v) is 1.82. The molecule has 0 aliphatic carbocycles. The Bertz CT molecular complexity index is 233. The van der Waals surface area contributed by atoms with E-state index in [2.05, 4.69) is 13.8 Å². The van der Waals surface area contributed by atoms with Gasteiger partial charge in [-0.1, -0.05) is 62.1 Å². The quantitative estimate of drug-likeness (QED) is 0.146. The zero-order chi connectivity index (χ0) is 12.4. The standard InChI is InChI=1S/C12H21IO3.ClH.K.Na.2H/c1-3-5-7-9-11(14)16-12(15)10(13)8-6-4-2;;;;;/h10H,3-9H2,1-2H3;1H;;;;. The molecule has 0 heterocycles. The predicted octanol–water partition coefficient (Wildman–Crippen LogP) is 2.76. The van der Waals surface area contributed by atoms with E-state index < -0.39 is 0 Å². The Morgan fingerprint density at radius 3 is 2.11 bits per heavy atom. The average Bonchev–Trinajstić information content (AvgIpc) is 2.26. The monoisotopic (exact) mass is 440 g/mol. The normalized spacial score (nSPS) is 10.3. The third-order valence-electron chi connectivity index (χ3n) is 2.27. The van der Waals surface area contributed by atoms with Gasteiger partial charge in [0, 0.05) is 6.42 Å². The van der Waals surface area contributed by atoms with Crippen molar-refractivity contribution in [2.24, 2.45) is 0 Å². The van der Waals surface area contributed by atoms with Crippen LogP contribution in [0.2, 0.25) is 0 Å². The number of carbonyl (C=O) groups excluding carboxylic acids is 2. The van der Waals surface area contributed by atoms with Crippen molar-refractivity contribution in [2.75, 3.05) is 0 Å². The Morgan fingerprint density at radius 1 is 1.11 bits per heavy atom. The Labute approximate surface area is 201 Å². The van der Waals surface area contributed by atoms with E-state index >= 15 is 0 Å². The Hall–Kier alpha value is 2.80. The molecule has 0 aromatic rings. The van der Waals surface area contributed by atoms with E-state index in [1.165, 1.54) is 0 Å². The van der Waals surface area contributed by atoms with Crippen LogP contribution in [0.4, 0.5) is 0 Å². The van der Waals surface area contributed by atoms with Gasteiger partial charge in [0.2, 0.25) is 0 Å². The van der Waals surface area contributed by atoms with Crippen LogP contribution in [0.3, 0.4) is 0 Å². The molecule has 0 aromatic heterocycles. The van der Waals surface area contributed by atoms with E-state index in [1.54, 1.807) is 0 Å². The Kier molecular flexibility index (Phi) is 32.6. The van der Waals surface area contributed by atoms with E-state index in [-0.39, 0.29) is 109 Å². The molecule has 0 N–H and O–H groups in total. The van der Waals surface area contributed by atoms with Gasteiger partial charge in [0.1, 0.15) is 3.92 Å². The van der Waals surface area contributed by atoms with Gasteiger partial charge in [0.15, 0.2) is 0 Å². The second kappa shape index (κ2) is 20.8. The van der Waals surface area contributed by atoms with Crippen LogP contribution < -0.4 is 0 Å².